The minimum absolute atomic E-state index is 0.103. The normalized spacial score (nSPS) is 12.1. The topological polar surface area (TPSA) is 26.3 Å². The molecule has 0 bridgehead atoms. The van der Waals surface area contributed by atoms with Crippen molar-refractivity contribution in [1.82, 2.24) is 0 Å². The highest BCUT2D eigenvalue weighted by Gasteiger charge is 2.12. The summed E-state index contributed by atoms with van der Waals surface area (Å²) in [5, 5.41) is 0. The summed E-state index contributed by atoms with van der Waals surface area (Å²) in [6.45, 7) is 0. The van der Waals surface area contributed by atoms with Crippen molar-refractivity contribution >= 4 is 10.8 Å². The molecule has 0 unspecified atom stereocenters. The van der Waals surface area contributed by atoms with Crippen LogP contribution in [0.5, 0.6) is 5.75 Å². The molecule has 0 N–H and O–H groups in total. The van der Waals surface area contributed by atoms with E-state index < -0.39 is 22.4 Å². The number of hydrogen-bond acceptors (Lipinski definition) is 2. The summed E-state index contributed by atoms with van der Waals surface area (Å²) in [6, 6.07) is 11.1. The number of aryl methyl sites for hydroxylation is 1. The van der Waals surface area contributed by atoms with Crippen LogP contribution in [0.2, 0.25) is 0 Å². The zero-order valence-corrected chi connectivity index (χ0v) is 12.5. The summed E-state index contributed by atoms with van der Waals surface area (Å²) in [7, 11) is 0.280. The molecule has 0 fully saturated rings. The molecule has 0 radical (unpaired) electrons. The molecule has 0 aliphatic heterocycles. The minimum atomic E-state index is -1.31. The molecule has 112 valence electrons. The van der Waals surface area contributed by atoms with Gasteiger partial charge in [0, 0.05) is 22.1 Å². The van der Waals surface area contributed by atoms with Crippen molar-refractivity contribution in [3.8, 4) is 5.75 Å². The number of ether oxygens (including phenoxy) is 1. The van der Waals surface area contributed by atoms with Crippen LogP contribution in [0, 0.1) is 11.6 Å². The Hall–Kier alpha value is -1.75. The fraction of sp³-hybridized carbons (Fsp3) is 0.250. The van der Waals surface area contributed by atoms with Gasteiger partial charge in [0.25, 0.3) is 0 Å². The van der Waals surface area contributed by atoms with E-state index in [1.807, 2.05) is 24.3 Å². The van der Waals surface area contributed by atoms with E-state index in [1.54, 1.807) is 7.11 Å². The zero-order valence-electron chi connectivity index (χ0n) is 11.6. The summed E-state index contributed by atoms with van der Waals surface area (Å²) in [5.74, 6) is -0.275. The third-order valence-corrected chi connectivity index (χ3v) is 4.41. The first-order chi connectivity index (χ1) is 10.1. The smallest absolute Gasteiger partial charge is 0.130 e. The third-order valence-electron chi connectivity index (χ3n) is 3.14. The quantitative estimate of drug-likeness (QED) is 0.817. The lowest BCUT2D eigenvalue weighted by Gasteiger charge is -2.06. The number of halogens is 2. The van der Waals surface area contributed by atoms with Gasteiger partial charge in [-0.15, -0.1) is 0 Å². The van der Waals surface area contributed by atoms with E-state index in [2.05, 4.69) is 0 Å². The fourth-order valence-corrected chi connectivity index (χ4v) is 3.13. The molecular formula is C16H16F2O2S. The monoisotopic (exact) mass is 310 g/mol. The van der Waals surface area contributed by atoms with E-state index in [4.69, 9.17) is 4.74 Å². The maximum absolute atomic E-state index is 13.5. The Morgan fingerprint density at radius 2 is 1.67 bits per heavy atom. The van der Waals surface area contributed by atoms with Gasteiger partial charge in [-0.3, -0.25) is 4.21 Å². The van der Waals surface area contributed by atoms with Gasteiger partial charge < -0.3 is 4.74 Å². The van der Waals surface area contributed by atoms with Crippen LogP contribution >= 0.6 is 0 Å². The van der Waals surface area contributed by atoms with Gasteiger partial charge in [0.1, 0.15) is 17.4 Å². The van der Waals surface area contributed by atoms with Gasteiger partial charge in [-0.2, -0.15) is 0 Å². The van der Waals surface area contributed by atoms with Crippen LogP contribution in [0.25, 0.3) is 0 Å². The summed E-state index contributed by atoms with van der Waals surface area (Å²) in [6.07, 6.45) is 0.590. The van der Waals surface area contributed by atoms with Crippen LogP contribution in [0.1, 0.15) is 11.1 Å². The molecule has 0 aliphatic carbocycles. The van der Waals surface area contributed by atoms with Gasteiger partial charge in [0.15, 0.2) is 0 Å². The fourth-order valence-electron chi connectivity index (χ4n) is 1.93. The van der Waals surface area contributed by atoms with Crippen molar-refractivity contribution in [2.45, 2.75) is 12.2 Å². The Labute approximate surface area is 125 Å². The van der Waals surface area contributed by atoms with Crippen LogP contribution in [0.15, 0.2) is 42.5 Å². The molecule has 0 saturated heterocycles. The molecule has 0 heterocycles. The Bertz CT molecular complexity index is 606. The molecule has 0 amide bonds. The van der Waals surface area contributed by atoms with E-state index in [0.29, 0.717) is 12.2 Å². The zero-order chi connectivity index (χ0) is 15.2. The highest BCUT2D eigenvalue weighted by atomic mass is 32.2. The van der Waals surface area contributed by atoms with Crippen molar-refractivity contribution in [3.05, 3.63) is 65.2 Å². The molecule has 1 atom stereocenters. The number of methoxy groups -OCH3 is 1. The van der Waals surface area contributed by atoms with Gasteiger partial charge in [-0.1, -0.05) is 18.2 Å². The summed E-state index contributed by atoms with van der Waals surface area (Å²) in [5.41, 5.74) is 0.906. The Balaban J connectivity index is 1.92. The molecular weight excluding hydrogens is 294 g/mol. The number of hydrogen-bond donors (Lipinski definition) is 0. The van der Waals surface area contributed by atoms with Crippen LogP contribution in [0.4, 0.5) is 8.78 Å². The van der Waals surface area contributed by atoms with Crippen LogP contribution in [-0.4, -0.2) is 17.1 Å². The van der Waals surface area contributed by atoms with Crippen molar-refractivity contribution in [3.63, 3.8) is 0 Å². The van der Waals surface area contributed by atoms with Crippen molar-refractivity contribution < 1.29 is 17.7 Å². The van der Waals surface area contributed by atoms with Gasteiger partial charge in [-0.25, -0.2) is 8.78 Å². The SMILES string of the molecule is COc1ccc(CC[S@@](=O)Cc2c(F)cccc2F)cc1. The summed E-state index contributed by atoms with van der Waals surface area (Å²) < 4.78 is 44.0. The van der Waals surface area contributed by atoms with E-state index in [0.717, 1.165) is 11.3 Å². The molecule has 2 nitrogen and oxygen atoms in total. The number of rotatable bonds is 6. The lowest BCUT2D eigenvalue weighted by Crippen LogP contribution is -2.07. The summed E-state index contributed by atoms with van der Waals surface area (Å²) in [4.78, 5) is 0. The first kappa shape index (κ1) is 15.6. The largest absolute Gasteiger partial charge is 0.497 e. The van der Waals surface area contributed by atoms with E-state index >= 15 is 0 Å². The molecule has 21 heavy (non-hydrogen) atoms. The average molecular weight is 310 g/mol. The molecule has 0 aromatic heterocycles. The predicted molar refractivity (Wildman–Crippen MR) is 79.8 cm³/mol. The molecule has 2 rings (SSSR count). The van der Waals surface area contributed by atoms with Crippen LogP contribution in [-0.2, 0) is 23.0 Å². The molecule has 0 spiro atoms. The first-order valence-electron chi connectivity index (χ1n) is 6.51. The maximum atomic E-state index is 13.5. The van der Waals surface area contributed by atoms with Gasteiger partial charge >= 0.3 is 0 Å². The van der Waals surface area contributed by atoms with Gasteiger partial charge in [0.2, 0.25) is 0 Å². The lowest BCUT2D eigenvalue weighted by atomic mass is 10.2. The molecule has 0 aliphatic rings. The standard InChI is InChI=1S/C16H16F2O2S/c1-20-13-7-5-12(6-8-13)9-10-21(19)11-14-15(17)3-2-4-16(14)18/h2-8H,9-11H2,1H3/t21-/m1/s1. The number of benzene rings is 2. The Morgan fingerprint density at radius 3 is 2.24 bits per heavy atom. The third kappa shape index (κ3) is 4.36. The lowest BCUT2D eigenvalue weighted by molar-refractivity contribution is 0.414. The summed E-state index contributed by atoms with van der Waals surface area (Å²) >= 11 is 0. The molecule has 2 aromatic carbocycles. The average Bonchev–Trinajstić information content (AvgIpc) is 2.49. The van der Waals surface area contributed by atoms with Gasteiger partial charge in [0.05, 0.1) is 12.9 Å². The Morgan fingerprint density at radius 1 is 1.05 bits per heavy atom. The first-order valence-corrected chi connectivity index (χ1v) is 7.99. The molecule has 2 aromatic rings. The second-order valence-electron chi connectivity index (χ2n) is 4.59. The van der Waals surface area contributed by atoms with E-state index in [9.17, 15) is 13.0 Å². The van der Waals surface area contributed by atoms with Crippen LogP contribution < -0.4 is 4.74 Å². The second-order valence-corrected chi connectivity index (χ2v) is 6.16. The van der Waals surface area contributed by atoms with Crippen molar-refractivity contribution in [2.75, 3.05) is 12.9 Å². The van der Waals surface area contributed by atoms with Crippen molar-refractivity contribution in [1.29, 1.82) is 0 Å². The van der Waals surface area contributed by atoms with E-state index in [1.165, 1.54) is 18.2 Å². The molecule has 5 heteroatoms. The predicted octanol–water partition coefficient (Wildman–Crippen LogP) is 3.46. The van der Waals surface area contributed by atoms with Gasteiger partial charge in [-0.05, 0) is 36.2 Å². The second kappa shape index (κ2) is 7.31. The molecule has 0 saturated carbocycles. The maximum Gasteiger partial charge on any atom is 0.130 e. The van der Waals surface area contributed by atoms with Crippen molar-refractivity contribution in [2.24, 2.45) is 0 Å². The highest BCUT2D eigenvalue weighted by Crippen LogP contribution is 2.16. The minimum Gasteiger partial charge on any atom is -0.497 e. The van der Waals surface area contributed by atoms with Crippen LogP contribution in [0.3, 0.4) is 0 Å². The highest BCUT2D eigenvalue weighted by molar-refractivity contribution is 7.84. The van der Waals surface area contributed by atoms with E-state index in [-0.39, 0.29) is 11.3 Å². The Kier molecular flexibility index (Phi) is 5.44.